The summed E-state index contributed by atoms with van der Waals surface area (Å²) in [5.41, 5.74) is 1.44. The third kappa shape index (κ3) is 3.88. The van der Waals surface area contributed by atoms with Crippen LogP contribution >= 0.6 is 31.9 Å². The van der Waals surface area contributed by atoms with Gasteiger partial charge in [-0.05, 0) is 24.3 Å². The molecule has 126 valence electrons. The Hall–Kier alpha value is -1.21. The number of rotatable bonds is 5. The van der Waals surface area contributed by atoms with E-state index in [0.717, 1.165) is 10.0 Å². The second kappa shape index (κ2) is 7.78. The summed E-state index contributed by atoms with van der Waals surface area (Å²) in [5, 5.41) is 0.491. The summed E-state index contributed by atoms with van der Waals surface area (Å²) in [6, 6.07) is 16.7. The molecule has 0 aromatic heterocycles. The van der Waals surface area contributed by atoms with Gasteiger partial charge in [-0.25, -0.2) is 4.79 Å². The van der Waals surface area contributed by atoms with Crippen LogP contribution in [0.4, 0.5) is 0 Å². The highest BCUT2D eigenvalue weighted by atomic mass is 79.9. The van der Waals surface area contributed by atoms with Crippen LogP contribution in [0.3, 0.4) is 0 Å². The average molecular weight is 456 g/mol. The first-order valence-corrected chi connectivity index (χ1v) is 9.40. The predicted octanol–water partition coefficient (Wildman–Crippen LogP) is 4.27. The highest BCUT2D eigenvalue weighted by Crippen LogP contribution is 2.36. The number of ether oxygens (including phenoxy) is 3. The van der Waals surface area contributed by atoms with Gasteiger partial charge >= 0.3 is 5.97 Å². The van der Waals surface area contributed by atoms with Gasteiger partial charge in [0.15, 0.2) is 0 Å². The van der Waals surface area contributed by atoms with Crippen LogP contribution in [0, 0.1) is 0 Å². The van der Waals surface area contributed by atoms with Crippen LogP contribution in [0.15, 0.2) is 59.1 Å². The Labute approximate surface area is 157 Å². The summed E-state index contributed by atoms with van der Waals surface area (Å²) in [6.45, 7) is 0.517. The zero-order valence-corrected chi connectivity index (χ0v) is 16.0. The standard InChI is InChI=1S/C18H16Br2O4/c19-12-18(14-6-8-15(20)9-7-14)23-11-16(24-18)10-22-17(21)13-4-2-1-3-5-13/h1-9,16H,10-12H2/t16-,18+/m1/s1. The van der Waals surface area contributed by atoms with E-state index in [4.69, 9.17) is 14.2 Å². The molecule has 2 aromatic rings. The van der Waals surface area contributed by atoms with E-state index < -0.39 is 5.79 Å². The molecule has 0 unspecified atom stereocenters. The van der Waals surface area contributed by atoms with Crippen LogP contribution in [0.25, 0.3) is 0 Å². The minimum atomic E-state index is -0.857. The van der Waals surface area contributed by atoms with Gasteiger partial charge in [0.1, 0.15) is 12.7 Å². The van der Waals surface area contributed by atoms with Gasteiger partial charge in [0.05, 0.1) is 17.5 Å². The molecular weight excluding hydrogens is 440 g/mol. The number of alkyl halides is 1. The van der Waals surface area contributed by atoms with Crippen LogP contribution in [0.1, 0.15) is 15.9 Å². The number of benzene rings is 2. The molecule has 2 atom stereocenters. The zero-order chi connectivity index (χ0) is 17.0. The Morgan fingerprint density at radius 2 is 1.88 bits per heavy atom. The van der Waals surface area contributed by atoms with Crippen molar-refractivity contribution < 1.29 is 19.0 Å². The molecule has 0 amide bonds. The topological polar surface area (TPSA) is 44.8 Å². The monoisotopic (exact) mass is 454 g/mol. The van der Waals surface area contributed by atoms with E-state index in [1.54, 1.807) is 24.3 Å². The first-order chi connectivity index (χ1) is 11.6. The van der Waals surface area contributed by atoms with Gasteiger partial charge in [0.25, 0.3) is 0 Å². The Bertz CT molecular complexity index is 690. The van der Waals surface area contributed by atoms with Gasteiger partial charge < -0.3 is 14.2 Å². The summed E-state index contributed by atoms with van der Waals surface area (Å²) in [4.78, 5) is 12.0. The lowest BCUT2D eigenvalue weighted by Crippen LogP contribution is -2.31. The van der Waals surface area contributed by atoms with Crippen LogP contribution in [-0.4, -0.2) is 30.6 Å². The van der Waals surface area contributed by atoms with Gasteiger partial charge in [-0.3, -0.25) is 0 Å². The van der Waals surface area contributed by atoms with Crippen molar-refractivity contribution in [3.63, 3.8) is 0 Å². The fraction of sp³-hybridized carbons (Fsp3) is 0.278. The molecule has 0 aliphatic carbocycles. The summed E-state index contributed by atoms with van der Waals surface area (Å²) in [7, 11) is 0. The normalized spacial score (nSPS) is 23.2. The van der Waals surface area contributed by atoms with E-state index in [9.17, 15) is 4.79 Å². The SMILES string of the molecule is O=C(OC[C@@H]1CO[C@](CBr)(c2ccc(Br)cc2)O1)c1ccccc1. The Morgan fingerprint density at radius 3 is 2.54 bits per heavy atom. The third-order valence-corrected chi connectivity index (χ3v) is 5.00. The first kappa shape index (κ1) is 17.6. The fourth-order valence-corrected chi connectivity index (χ4v) is 3.36. The molecular formula is C18H16Br2O4. The van der Waals surface area contributed by atoms with E-state index >= 15 is 0 Å². The van der Waals surface area contributed by atoms with Gasteiger partial charge in [-0.15, -0.1) is 0 Å². The largest absolute Gasteiger partial charge is 0.459 e. The van der Waals surface area contributed by atoms with E-state index in [1.165, 1.54) is 0 Å². The molecule has 1 fully saturated rings. The van der Waals surface area contributed by atoms with E-state index in [2.05, 4.69) is 31.9 Å². The molecule has 0 radical (unpaired) electrons. The van der Waals surface area contributed by atoms with Crippen molar-refractivity contribution in [3.05, 3.63) is 70.2 Å². The van der Waals surface area contributed by atoms with Crippen LogP contribution in [0.5, 0.6) is 0 Å². The number of hydrogen-bond acceptors (Lipinski definition) is 4. The molecule has 2 aromatic carbocycles. The van der Waals surface area contributed by atoms with Gasteiger partial charge in [0.2, 0.25) is 5.79 Å². The van der Waals surface area contributed by atoms with Crippen LogP contribution < -0.4 is 0 Å². The quantitative estimate of drug-likeness (QED) is 0.498. The molecule has 0 spiro atoms. The van der Waals surface area contributed by atoms with E-state index in [0.29, 0.717) is 17.5 Å². The molecule has 0 bridgehead atoms. The second-order valence-electron chi connectivity index (χ2n) is 5.41. The molecule has 1 heterocycles. The molecule has 24 heavy (non-hydrogen) atoms. The van der Waals surface area contributed by atoms with Crippen molar-refractivity contribution in [2.75, 3.05) is 18.5 Å². The number of carbonyl (C=O) groups excluding carboxylic acids is 1. The highest BCUT2D eigenvalue weighted by molar-refractivity contribution is 9.10. The molecule has 1 aliphatic rings. The van der Waals surface area contributed by atoms with Gasteiger partial charge in [-0.2, -0.15) is 0 Å². The minimum absolute atomic E-state index is 0.152. The molecule has 1 saturated heterocycles. The van der Waals surface area contributed by atoms with Crippen molar-refractivity contribution >= 4 is 37.8 Å². The maximum atomic E-state index is 12.0. The molecule has 6 heteroatoms. The molecule has 4 nitrogen and oxygen atoms in total. The number of carbonyl (C=O) groups is 1. The molecule has 0 N–H and O–H groups in total. The maximum absolute atomic E-state index is 12.0. The number of hydrogen-bond donors (Lipinski definition) is 0. The lowest BCUT2D eigenvalue weighted by molar-refractivity contribution is -0.160. The van der Waals surface area contributed by atoms with Gasteiger partial charge in [0, 0.05) is 10.0 Å². The fourth-order valence-electron chi connectivity index (χ4n) is 2.48. The predicted molar refractivity (Wildman–Crippen MR) is 97.2 cm³/mol. The Balaban J connectivity index is 1.62. The summed E-state index contributed by atoms with van der Waals surface area (Å²) in [6.07, 6.45) is -0.307. The smallest absolute Gasteiger partial charge is 0.338 e. The summed E-state index contributed by atoms with van der Waals surface area (Å²) in [5.74, 6) is -1.22. The molecule has 1 aliphatic heterocycles. The number of esters is 1. The lowest BCUT2D eigenvalue weighted by Gasteiger charge is -2.26. The Morgan fingerprint density at radius 1 is 1.17 bits per heavy atom. The summed E-state index contributed by atoms with van der Waals surface area (Å²) >= 11 is 6.88. The van der Waals surface area contributed by atoms with E-state index in [1.807, 2.05) is 30.3 Å². The van der Waals surface area contributed by atoms with Crippen molar-refractivity contribution in [1.29, 1.82) is 0 Å². The molecule has 0 saturated carbocycles. The van der Waals surface area contributed by atoms with E-state index in [-0.39, 0.29) is 18.7 Å². The Kier molecular flexibility index (Phi) is 5.71. The lowest BCUT2D eigenvalue weighted by atomic mass is 10.1. The number of halogens is 2. The zero-order valence-electron chi connectivity index (χ0n) is 12.8. The van der Waals surface area contributed by atoms with Crippen molar-refractivity contribution in [1.82, 2.24) is 0 Å². The first-order valence-electron chi connectivity index (χ1n) is 7.49. The van der Waals surface area contributed by atoms with Crippen molar-refractivity contribution in [2.24, 2.45) is 0 Å². The molecule has 3 rings (SSSR count). The van der Waals surface area contributed by atoms with Crippen molar-refractivity contribution in [2.45, 2.75) is 11.9 Å². The van der Waals surface area contributed by atoms with Crippen LogP contribution in [0.2, 0.25) is 0 Å². The highest BCUT2D eigenvalue weighted by Gasteiger charge is 2.42. The van der Waals surface area contributed by atoms with Crippen LogP contribution in [-0.2, 0) is 20.0 Å². The second-order valence-corrected chi connectivity index (χ2v) is 6.89. The third-order valence-electron chi connectivity index (χ3n) is 3.73. The average Bonchev–Trinajstić information content (AvgIpc) is 3.06. The van der Waals surface area contributed by atoms with Gasteiger partial charge in [-0.1, -0.05) is 62.2 Å². The van der Waals surface area contributed by atoms with Crippen molar-refractivity contribution in [3.8, 4) is 0 Å². The summed E-state index contributed by atoms with van der Waals surface area (Å²) < 4.78 is 18.3. The maximum Gasteiger partial charge on any atom is 0.338 e. The minimum Gasteiger partial charge on any atom is -0.459 e.